The molecule has 0 radical (unpaired) electrons. The van der Waals surface area contributed by atoms with E-state index in [2.05, 4.69) is 88.0 Å². The topological polar surface area (TPSA) is 57.4 Å². The summed E-state index contributed by atoms with van der Waals surface area (Å²) in [5.74, 6) is 0. The second-order valence-corrected chi connectivity index (χ2v) is 10.0. The number of nitriles is 2. The van der Waals surface area contributed by atoms with Gasteiger partial charge in [-0.05, 0) is 53.2 Å². The molecule has 0 aliphatic heterocycles. The van der Waals surface area contributed by atoms with Crippen molar-refractivity contribution in [2.75, 3.05) is 0 Å². The molecule has 6 aromatic carbocycles. The number of para-hydroxylation sites is 3. The first-order valence-electron chi connectivity index (χ1n) is 13.2. The van der Waals surface area contributed by atoms with Crippen molar-refractivity contribution < 1.29 is 0 Å². The molecule has 0 N–H and O–H groups in total. The summed E-state index contributed by atoms with van der Waals surface area (Å²) in [7, 11) is 0. The molecule has 0 bridgehead atoms. The summed E-state index contributed by atoms with van der Waals surface area (Å²) < 4.78 is 4.33. The minimum atomic E-state index is 0.506. The molecule has 0 aliphatic rings. The number of benzene rings is 6. The number of aromatic nitrogens is 2. The quantitative estimate of drug-likeness (QED) is 0.234. The lowest BCUT2D eigenvalue weighted by molar-refractivity contribution is 1.08. The minimum Gasteiger partial charge on any atom is -0.306 e. The summed E-state index contributed by atoms with van der Waals surface area (Å²) in [6, 6.07) is 46.0. The Kier molecular flexibility index (Phi) is 4.62. The molecular formula is C36H20N4. The Bertz CT molecular complexity index is 2350. The molecule has 4 heteroatoms. The van der Waals surface area contributed by atoms with Crippen LogP contribution >= 0.6 is 0 Å². The molecular weight excluding hydrogens is 488 g/mol. The molecule has 0 atom stereocenters. The van der Waals surface area contributed by atoms with Crippen molar-refractivity contribution >= 4 is 54.4 Å². The minimum absolute atomic E-state index is 0.506. The standard InChI is InChI=1S/C36H20N4/c37-21-25-17-18-26(22-38)36(35(25)39-31-14-6-3-11-27(31)28-12-4-7-15-32(28)39)40-33-16-8-5-13-29(33)30-19-23-9-1-2-10-24(23)20-34(30)40/h1-20H. The van der Waals surface area contributed by atoms with E-state index >= 15 is 0 Å². The lowest BCUT2D eigenvalue weighted by atomic mass is 10.0. The monoisotopic (exact) mass is 508 g/mol. The highest BCUT2D eigenvalue weighted by atomic mass is 15.1. The molecule has 4 nitrogen and oxygen atoms in total. The molecule has 184 valence electrons. The molecule has 0 saturated carbocycles. The van der Waals surface area contributed by atoms with Gasteiger partial charge in [0.1, 0.15) is 12.1 Å². The molecule has 0 amide bonds. The molecule has 0 saturated heterocycles. The first-order valence-corrected chi connectivity index (χ1v) is 13.2. The summed E-state index contributed by atoms with van der Waals surface area (Å²) in [5, 5.41) is 27.6. The Balaban J connectivity index is 1.64. The van der Waals surface area contributed by atoms with Gasteiger partial charge in [0.2, 0.25) is 0 Å². The third-order valence-electron chi connectivity index (χ3n) is 7.96. The largest absolute Gasteiger partial charge is 0.306 e. The zero-order valence-electron chi connectivity index (χ0n) is 21.3. The van der Waals surface area contributed by atoms with Crippen molar-refractivity contribution in [3.8, 4) is 23.5 Å². The van der Waals surface area contributed by atoms with E-state index in [1.807, 2.05) is 42.5 Å². The maximum Gasteiger partial charge on any atom is 0.101 e. The average Bonchev–Trinajstić information content (AvgIpc) is 3.51. The zero-order chi connectivity index (χ0) is 26.8. The van der Waals surface area contributed by atoms with Crippen LogP contribution in [-0.4, -0.2) is 9.13 Å². The van der Waals surface area contributed by atoms with Crippen molar-refractivity contribution in [2.24, 2.45) is 0 Å². The molecule has 2 heterocycles. The molecule has 8 aromatic rings. The fourth-order valence-corrected chi connectivity index (χ4v) is 6.27. The van der Waals surface area contributed by atoms with Gasteiger partial charge >= 0.3 is 0 Å². The Labute approximate surface area is 229 Å². The van der Waals surface area contributed by atoms with Crippen LogP contribution in [0.4, 0.5) is 0 Å². The van der Waals surface area contributed by atoms with Crippen LogP contribution in [0.2, 0.25) is 0 Å². The van der Waals surface area contributed by atoms with E-state index in [0.717, 1.165) is 54.4 Å². The number of fused-ring (bicyclic) bond motifs is 7. The van der Waals surface area contributed by atoms with Crippen LogP contribution in [-0.2, 0) is 0 Å². The van der Waals surface area contributed by atoms with E-state index in [1.54, 1.807) is 12.1 Å². The van der Waals surface area contributed by atoms with Gasteiger partial charge in [-0.2, -0.15) is 10.5 Å². The second-order valence-electron chi connectivity index (χ2n) is 10.0. The summed E-state index contributed by atoms with van der Waals surface area (Å²) in [5.41, 5.74) is 6.38. The van der Waals surface area contributed by atoms with Crippen molar-refractivity contribution in [2.45, 2.75) is 0 Å². The first-order chi connectivity index (χ1) is 19.8. The van der Waals surface area contributed by atoms with E-state index in [9.17, 15) is 10.5 Å². The van der Waals surface area contributed by atoms with Crippen LogP contribution < -0.4 is 0 Å². The number of hydrogen-bond acceptors (Lipinski definition) is 2. The van der Waals surface area contributed by atoms with Gasteiger partial charge in [0.05, 0.1) is 44.6 Å². The smallest absolute Gasteiger partial charge is 0.101 e. The number of hydrogen-bond donors (Lipinski definition) is 0. The van der Waals surface area contributed by atoms with Crippen LogP contribution in [0.15, 0.2) is 121 Å². The molecule has 0 unspecified atom stereocenters. The predicted octanol–water partition coefficient (Wildman–Crippen LogP) is 8.78. The Morgan fingerprint density at radius 1 is 0.400 bits per heavy atom. The van der Waals surface area contributed by atoms with Crippen LogP contribution in [0, 0.1) is 22.7 Å². The van der Waals surface area contributed by atoms with Crippen molar-refractivity contribution in [1.82, 2.24) is 9.13 Å². The first kappa shape index (κ1) is 22.2. The molecule has 40 heavy (non-hydrogen) atoms. The Morgan fingerprint density at radius 3 is 1.30 bits per heavy atom. The molecule has 8 rings (SSSR count). The van der Waals surface area contributed by atoms with E-state index in [0.29, 0.717) is 22.5 Å². The summed E-state index contributed by atoms with van der Waals surface area (Å²) in [6.45, 7) is 0. The molecule has 0 fully saturated rings. The zero-order valence-corrected chi connectivity index (χ0v) is 21.3. The van der Waals surface area contributed by atoms with E-state index in [4.69, 9.17) is 0 Å². The highest BCUT2D eigenvalue weighted by Gasteiger charge is 2.24. The third kappa shape index (κ3) is 2.93. The normalized spacial score (nSPS) is 11.4. The lowest BCUT2D eigenvalue weighted by Crippen LogP contribution is -2.08. The maximum absolute atomic E-state index is 10.5. The maximum atomic E-state index is 10.5. The molecule has 0 aliphatic carbocycles. The van der Waals surface area contributed by atoms with Crippen LogP contribution in [0.5, 0.6) is 0 Å². The predicted molar refractivity (Wildman–Crippen MR) is 162 cm³/mol. The molecule has 0 spiro atoms. The van der Waals surface area contributed by atoms with Gasteiger partial charge in [-0.15, -0.1) is 0 Å². The average molecular weight is 509 g/mol. The Morgan fingerprint density at radius 2 is 0.800 bits per heavy atom. The summed E-state index contributed by atoms with van der Waals surface area (Å²) in [6.07, 6.45) is 0. The summed E-state index contributed by atoms with van der Waals surface area (Å²) in [4.78, 5) is 0. The van der Waals surface area contributed by atoms with Crippen molar-refractivity contribution in [3.63, 3.8) is 0 Å². The highest BCUT2D eigenvalue weighted by Crippen LogP contribution is 2.41. The van der Waals surface area contributed by atoms with Gasteiger partial charge in [0, 0.05) is 21.5 Å². The van der Waals surface area contributed by atoms with Gasteiger partial charge < -0.3 is 9.13 Å². The van der Waals surface area contributed by atoms with Crippen LogP contribution in [0.25, 0.3) is 65.8 Å². The van der Waals surface area contributed by atoms with E-state index in [1.165, 1.54) is 0 Å². The fourth-order valence-electron chi connectivity index (χ4n) is 6.27. The van der Waals surface area contributed by atoms with Gasteiger partial charge in [-0.3, -0.25) is 0 Å². The number of rotatable bonds is 2. The molecule has 2 aromatic heterocycles. The van der Waals surface area contributed by atoms with Crippen LogP contribution in [0.1, 0.15) is 11.1 Å². The SMILES string of the molecule is N#Cc1ccc(C#N)c(-n2c3ccccc3c3cc4ccccc4cc32)c1-n1c2ccccc2c2ccccc21. The van der Waals surface area contributed by atoms with Gasteiger partial charge in [-0.25, -0.2) is 0 Å². The second kappa shape index (κ2) is 8.33. The van der Waals surface area contributed by atoms with E-state index < -0.39 is 0 Å². The fraction of sp³-hybridized carbons (Fsp3) is 0. The lowest BCUT2D eigenvalue weighted by Gasteiger charge is -2.19. The number of nitrogens with zero attached hydrogens (tertiary/aromatic N) is 4. The van der Waals surface area contributed by atoms with Gasteiger partial charge in [-0.1, -0.05) is 78.9 Å². The van der Waals surface area contributed by atoms with E-state index in [-0.39, 0.29) is 0 Å². The Hall–Kier alpha value is -5.84. The van der Waals surface area contributed by atoms with Gasteiger partial charge in [0.25, 0.3) is 0 Å². The van der Waals surface area contributed by atoms with Crippen molar-refractivity contribution in [3.05, 3.63) is 132 Å². The van der Waals surface area contributed by atoms with Gasteiger partial charge in [0.15, 0.2) is 0 Å². The summed E-state index contributed by atoms with van der Waals surface area (Å²) >= 11 is 0. The van der Waals surface area contributed by atoms with Crippen LogP contribution in [0.3, 0.4) is 0 Å². The van der Waals surface area contributed by atoms with Crippen molar-refractivity contribution in [1.29, 1.82) is 10.5 Å². The highest BCUT2D eigenvalue weighted by molar-refractivity contribution is 6.14. The third-order valence-corrected chi connectivity index (χ3v) is 7.96.